The number of carbonyl (C=O) groups is 1. The lowest BCUT2D eigenvalue weighted by Crippen LogP contribution is -2.18. The van der Waals surface area contributed by atoms with Crippen molar-refractivity contribution in [3.63, 3.8) is 0 Å². The molecule has 0 bridgehead atoms. The van der Waals surface area contributed by atoms with Gasteiger partial charge in [0, 0.05) is 0 Å². The number of hydrogen-bond donors (Lipinski definition) is 0. The molecule has 0 N–H and O–H groups in total. The van der Waals surface area contributed by atoms with E-state index in [4.69, 9.17) is 0 Å². The van der Waals surface area contributed by atoms with Crippen molar-refractivity contribution in [2.45, 2.75) is 0 Å². The van der Waals surface area contributed by atoms with Crippen LogP contribution in [0.15, 0.2) is 0 Å². The van der Waals surface area contributed by atoms with Gasteiger partial charge in [-0.1, -0.05) is 0 Å². The van der Waals surface area contributed by atoms with Crippen LogP contribution in [-0.2, 0) is 14.3 Å². The third kappa shape index (κ3) is 2.58. The Balaban J connectivity index is 3.47. The zero-order chi connectivity index (χ0) is 14.2. The SMILES string of the molecule is CS(=O)(=O)OC(=O)c1c(F)c(F)c(F)c(F)c1F. The molecule has 0 atom stereocenters. The second-order valence-electron chi connectivity index (χ2n) is 3.02. The van der Waals surface area contributed by atoms with Crippen LogP contribution in [0.5, 0.6) is 0 Å². The molecule has 0 aliphatic rings. The van der Waals surface area contributed by atoms with E-state index >= 15 is 0 Å². The largest absolute Gasteiger partial charge is 0.359 e. The van der Waals surface area contributed by atoms with Gasteiger partial charge in [0.1, 0.15) is 5.56 Å². The van der Waals surface area contributed by atoms with Crippen molar-refractivity contribution in [3.05, 3.63) is 34.6 Å². The summed E-state index contributed by atoms with van der Waals surface area (Å²) in [5.74, 6) is -14.4. The van der Waals surface area contributed by atoms with Crippen molar-refractivity contribution in [2.75, 3.05) is 6.26 Å². The first-order valence-corrected chi connectivity index (χ1v) is 5.83. The van der Waals surface area contributed by atoms with Crippen LogP contribution in [0.3, 0.4) is 0 Å². The van der Waals surface area contributed by atoms with Gasteiger partial charge in [-0.05, 0) is 0 Å². The molecule has 1 rings (SSSR count). The molecule has 0 aliphatic carbocycles. The highest BCUT2D eigenvalue weighted by Gasteiger charge is 2.32. The Morgan fingerprint density at radius 1 is 0.889 bits per heavy atom. The molecule has 0 aliphatic heterocycles. The second kappa shape index (κ2) is 4.52. The summed E-state index contributed by atoms with van der Waals surface area (Å²) in [6.07, 6.45) is 0.358. The van der Waals surface area contributed by atoms with Gasteiger partial charge in [-0.25, -0.2) is 26.7 Å². The summed E-state index contributed by atoms with van der Waals surface area (Å²) in [5, 5.41) is 0. The van der Waals surface area contributed by atoms with E-state index in [1.807, 2.05) is 0 Å². The molecular weight excluding hydrogens is 287 g/mol. The molecule has 10 heteroatoms. The van der Waals surface area contributed by atoms with Gasteiger partial charge in [-0.15, -0.1) is 0 Å². The molecule has 0 fully saturated rings. The number of rotatable bonds is 2. The fraction of sp³-hybridized carbons (Fsp3) is 0.125. The van der Waals surface area contributed by atoms with Crippen molar-refractivity contribution in [1.82, 2.24) is 0 Å². The molecule has 0 saturated carbocycles. The molecule has 0 aromatic heterocycles. The summed E-state index contributed by atoms with van der Waals surface area (Å²) in [5.41, 5.74) is -1.98. The van der Waals surface area contributed by atoms with Gasteiger partial charge in [0.15, 0.2) is 23.3 Å². The highest BCUT2D eigenvalue weighted by Crippen LogP contribution is 2.23. The second-order valence-corrected chi connectivity index (χ2v) is 4.59. The first-order chi connectivity index (χ1) is 8.06. The van der Waals surface area contributed by atoms with Crippen LogP contribution in [0.2, 0.25) is 0 Å². The van der Waals surface area contributed by atoms with Crippen LogP contribution in [0.1, 0.15) is 10.4 Å². The number of halogens is 5. The third-order valence-electron chi connectivity index (χ3n) is 1.64. The molecule has 4 nitrogen and oxygen atoms in total. The minimum Gasteiger partial charge on any atom is -0.341 e. The zero-order valence-corrected chi connectivity index (χ0v) is 9.25. The summed E-state index contributed by atoms with van der Waals surface area (Å²) in [6.45, 7) is 0. The van der Waals surface area contributed by atoms with Gasteiger partial charge < -0.3 is 4.18 Å². The Morgan fingerprint density at radius 2 is 1.22 bits per heavy atom. The maximum absolute atomic E-state index is 13.0. The van der Waals surface area contributed by atoms with E-state index in [-0.39, 0.29) is 0 Å². The summed E-state index contributed by atoms with van der Waals surface area (Å²) >= 11 is 0. The normalized spacial score (nSPS) is 11.4. The molecule has 0 radical (unpaired) electrons. The zero-order valence-electron chi connectivity index (χ0n) is 8.43. The van der Waals surface area contributed by atoms with E-state index in [0.29, 0.717) is 6.26 Å². The molecule has 0 heterocycles. The Kier molecular flexibility index (Phi) is 3.60. The summed E-state index contributed by atoms with van der Waals surface area (Å²) in [4.78, 5) is 11.0. The van der Waals surface area contributed by atoms with Crippen LogP contribution in [0.4, 0.5) is 22.0 Å². The average Bonchev–Trinajstić information content (AvgIpc) is 2.21. The maximum atomic E-state index is 13.0. The molecule has 0 saturated heterocycles. The van der Waals surface area contributed by atoms with E-state index < -0.39 is 50.7 Å². The molecular formula is C8H3F5O4S. The van der Waals surface area contributed by atoms with Crippen molar-refractivity contribution >= 4 is 16.1 Å². The van der Waals surface area contributed by atoms with E-state index in [2.05, 4.69) is 4.18 Å². The quantitative estimate of drug-likeness (QED) is 0.358. The molecule has 0 amide bonds. The van der Waals surface area contributed by atoms with Gasteiger partial charge in [0.05, 0.1) is 6.26 Å². The number of benzene rings is 1. The van der Waals surface area contributed by atoms with Gasteiger partial charge in [-0.2, -0.15) is 8.42 Å². The fourth-order valence-corrected chi connectivity index (χ4v) is 1.32. The topological polar surface area (TPSA) is 60.4 Å². The minimum atomic E-state index is -4.46. The van der Waals surface area contributed by atoms with Crippen molar-refractivity contribution in [2.24, 2.45) is 0 Å². The van der Waals surface area contributed by atoms with Gasteiger partial charge in [-0.3, -0.25) is 0 Å². The maximum Gasteiger partial charge on any atom is 0.359 e. The molecule has 18 heavy (non-hydrogen) atoms. The molecule has 0 unspecified atom stereocenters. The summed E-state index contributed by atoms with van der Waals surface area (Å²) in [7, 11) is -4.46. The van der Waals surface area contributed by atoms with Crippen LogP contribution < -0.4 is 0 Å². The van der Waals surface area contributed by atoms with E-state index in [0.717, 1.165) is 0 Å². The Hall–Kier alpha value is -1.71. The van der Waals surface area contributed by atoms with E-state index in [1.165, 1.54) is 0 Å². The summed E-state index contributed by atoms with van der Waals surface area (Å²) in [6, 6.07) is 0. The van der Waals surface area contributed by atoms with Gasteiger partial charge in [0.2, 0.25) is 5.82 Å². The predicted octanol–water partition coefficient (Wildman–Crippen LogP) is 1.50. The lowest BCUT2D eigenvalue weighted by molar-refractivity contribution is 0.0734. The van der Waals surface area contributed by atoms with E-state index in [9.17, 15) is 35.2 Å². The molecule has 1 aromatic carbocycles. The monoisotopic (exact) mass is 290 g/mol. The van der Waals surface area contributed by atoms with Crippen molar-refractivity contribution in [3.8, 4) is 0 Å². The van der Waals surface area contributed by atoms with Crippen molar-refractivity contribution in [1.29, 1.82) is 0 Å². The Morgan fingerprint density at radius 3 is 1.56 bits per heavy atom. The highest BCUT2D eigenvalue weighted by molar-refractivity contribution is 7.86. The van der Waals surface area contributed by atoms with Crippen molar-refractivity contribution < 1.29 is 39.3 Å². The first kappa shape index (κ1) is 14.4. The van der Waals surface area contributed by atoms with Gasteiger partial charge >= 0.3 is 16.1 Å². The third-order valence-corrected chi connectivity index (χ3v) is 2.10. The van der Waals surface area contributed by atoms with E-state index in [1.54, 1.807) is 0 Å². The number of carbonyl (C=O) groups excluding carboxylic acids is 1. The smallest absolute Gasteiger partial charge is 0.341 e. The summed E-state index contributed by atoms with van der Waals surface area (Å²) < 4.78 is 88.6. The Bertz CT molecular complexity index is 596. The predicted molar refractivity (Wildman–Crippen MR) is 46.5 cm³/mol. The number of hydrogen-bond acceptors (Lipinski definition) is 4. The fourth-order valence-electron chi connectivity index (χ4n) is 0.963. The standard InChI is InChI=1S/C8H3F5O4S/c1-18(15,16)17-8(14)2-3(9)5(11)7(13)6(12)4(2)10/h1H3. The Labute approximate surface area is 97.1 Å². The lowest BCUT2D eigenvalue weighted by Gasteiger charge is -2.06. The molecule has 1 aromatic rings. The average molecular weight is 290 g/mol. The van der Waals surface area contributed by atoms with Gasteiger partial charge in [0.25, 0.3) is 0 Å². The minimum absolute atomic E-state index is 0.358. The van der Waals surface area contributed by atoms with Crippen LogP contribution >= 0.6 is 0 Å². The first-order valence-electron chi connectivity index (χ1n) is 4.01. The van der Waals surface area contributed by atoms with Crippen LogP contribution in [0, 0.1) is 29.1 Å². The molecule has 100 valence electrons. The highest BCUT2D eigenvalue weighted by atomic mass is 32.2. The molecule has 0 spiro atoms. The lowest BCUT2D eigenvalue weighted by atomic mass is 10.1. The van der Waals surface area contributed by atoms with Crippen LogP contribution in [0.25, 0.3) is 0 Å². The van der Waals surface area contributed by atoms with Crippen LogP contribution in [-0.4, -0.2) is 20.6 Å².